The van der Waals surface area contributed by atoms with E-state index in [-0.39, 0.29) is 51.4 Å². The Labute approximate surface area is 124 Å². The van der Waals surface area contributed by atoms with Crippen LogP contribution in [0.1, 0.15) is 0 Å². The summed E-state index contributed by atoms with van der Waals surface area (Å²) < 4.78 is 21.7. The zero-order valence-corrected chi connectivity index (χ0v) is 12.0. The van der Waals surface area contributed by atoms with Gasteiger partial charge in [0.25, 0.3) is 0 Å². The number of benzene rings is 1. The van der Waals surface area contributed by atoms with Gasteiger partial charge in [0, 0.05) is 8.47 Å². The molecule has 5 heteroatoms. The molecule has 54 valence electrons. The Kier molecular flexibility index (Phi) is 7.15. The first-order chi connectivity index (χ1) is 4.70. The van der Waals surface area contributed by atoms with Crippen molar-refractivity contribution in [2.24, 2.45) is 0 Å². The Morgan fingerprint density at radius 2 is 1.73 bits per heavy atom. The zero-order valence-electron chi connectivity index (χ0n) is 5.91. The van der Waals surface area contributed by atoms with E-state index in [4.69, 9.17) is 0 Å². The SMILES string of the molecule is O=S([O-])c1ccc(I)cc1.[K+]. The van der Waals surface area contributed by atoms with Crippen molar-refractivity contribution < 1.29 is 60.1 Å². The van der Waals surface area contributed by atoms with Gasteiger partial charge in [-0.25, -0.2) is 0 Å². The van der Waals surface area contributed by atoms with E-state index >= 15 is 0 Å². The number of hydrogen-bond acceptors (Lipinski definition) is 2. The van der Waals surface area contributed by atoms with E-state index in [1.54, 1.807) is 24.3 Å². The minimum Gasteiger partial charge on any atom is -0.768 e. The molecule has 0 saturated carbocycles. The van der Waals surface area contributed by atoms with Gasteiger partial charge in [0.1, 0.15) is 0 Å². The van der Waals surface area contributed by atoms with Gasteiger partial charge in [0.2, 0.25) is 0 Å². The summed E-state index contributed by atoms with van der Waals surface area (Å²) in [5.41, 5.74) is 0. The van der Waals surface area contributed by atoms with E-state index in [9.17, 15) is 8.76 Å². The standard InChI is InChI=1S/C6H5IO2S.K/c7-5-1-3-6(4-2-5)10(8)9;/h1-4H,(H,8,9);/q;+1/p-1. The first-order valence-corrected chi connectivity index (χ1v) is 4.70. The van der Waals surface area contributed by atoms with Gasteiger partial charge < -0.3 is 4.55 Å². The van der Waals surface area contributed by atoms with E-state index in [0.29, 0.717) is 4.90 Å². The molecule has 1 rings (SSSR count). The van der Waals surface area contributed by atoms with Crippen molar-refractivity contribution in [3.63, 3.8) is 0 Å². The maximum absolute atomic E-state index is 10.3. The monoisotopic (exact) mass is 306 g/mol. The predicted molar refractivity (Wildman–Crippen MR) is 46.3 cm³/mol. The minimum absolute atomic E-state index is 0. The van der Waals surface area contributed by atoms with Crippen molar-refractivity contribution in [3.05, 3.63) is 27.8 Å². The summed E-state index contributed by atoms with van der Waals surface area (Å²) in [6.45, 7) is 0. The molecule has 0 aliphatic carbocycles. The molecule has 0 fully saturated rings. The minimum atomic E-state index is -2.09. The third kappa shape index (κ3) is 4.46. The summed E-state index contributed by atoms with van der Waals surface area (Å²) in [5.74, 6) is 0. The summed E-state index contributed by atoms with van der Waals surface area (Å²) in [4.78, 5) is 0.334. The average Bonchev–Trinajstić information content (AvgIpc) is 1.88. The van der Waals surface area contributed by atoms with Gasteiger partial charge in [0.05, 0.1) is 0 Å². The van der Waals surface area contributed by atoms with Gasteiger partial charge in [-0.15, -0.1) is 0 Å². The van der Waals surface area contributed by atoms with Crippen LogP contribution in [0.2, 0.25) is 0 Å². The van der Waals surface area contributed by atoms with Crippen LogP contribution in [0.4, 0.5) is 0 Å². The average molecular weight is 306 g/mol. The Bertz CT molecular complexity index is 249. The van der Waals surface area contributed by atoms with Gasteiger partial charge >= 0.3 is 51.4 Å². The topological polar surface area (TPSA) is 40.1 Å². The summed E-state index contributed by atoms with van der Waals surface area (Å²) in [5, 5.41) is 0. The molecular weight excluding hydrogens is 302 g/mol. The molecule has 0 bridgehead atoms. The molecule has 0 radical (unpaired) electrons. The molecule has 0 aliphatic heterocycles. The van der Waals surface area contributed by atoms with Crippen molar-refractivity contribution in [2.45, 2.75) is 4.90 Å². The van der Waals surface area contributed by atoms with Crippen molar-refractivity contribution in [1.29, 1.82) is 0 Å². The second kappa shape index (κ2) is 6.20. The molecule has 1 aromatic carbocycles. The fraction of sp³-hybridized carbons (Fsp3) is 0. The normalized spacial score (nSPS) is 11.8. The van der Waals surface area contributed by atoms with Crippen LogP contribution >= 0.6 is 22.6 Å². The molecule has 0 heterocycles. The van der Waals surface area contributed by atoms with E-state index in [0.717, 1.165) is 3.57 Å². The molecule has 1 unspecified atom stereocenters. The van der Waals surface area contributed by atoms with Gasteiger partial charge in [-0.05, 0) is 57.9 Å². The van der Waals surface area contributed by atoms with E-state index < -0.39 is 11.1 Å². The molecule has 0 saturated heterocycles. The molecule has 1 atom stereocenters. The molecule has 0 amide bonds. The fourth-order valence-corrected chi connectivity index (χ4v) is 1.26. The molecule has 0 aliphatic rings. The summed E-state index contributed by atoms with van der Waals surface area (Å²) >= 11 is 0.0283. The first-order valence-electron chi connectivity index (χ1n) is 2.55. The molecule has 1 aromatic rings. The Morgan fingerprint density at radius 3 is 2.09 bits per heavy atom. The fourth-order valence-electron chi connectivity index (χ4n) is 0.546. The van der Waals surface area contributed by atoms with Crippen molar-refractivity contribution in [2.75, 3.05) is 0 Å². The quantitative estimate of drug-likeness (QED) is 0.361. The van der Waals surface area contributed by atoms with Crippen LogP contribution < -0.4 is 51.4 Å². The van der Waals surface area contributed by atoms with Gasteiger partial charge in [-0.2, -0.15) is 0 Å². The summed E-state index contributed by atoms with van der Waals surface area (Å²) in [7, 11) is 0. The predicted octanol–water partition coefficient (Wildman–Crippen LogP) is -1.47. The summed E-state index contributed by atoms with van der Waals surface area (Å²) in [6, 6.07) is 6.66. The van der Waals surface area contributed by atoms with Crippen LogP contribution in [-0.2, 0) is 11.1 Å². The number of hydrogen-bond donors (Lipinski definition) is 0. The number of rotatable bonds is 1. The van der Waals surface area contributed by atoms with Gasteiger partial charge in [-0.3, -0.25) is 4.21 Å². The summed E-state index contributed by atoms with van der Waals surface area (Å²) in [6.07, 6.45) is 0. The van der Waals surface area contributed by atoms with E-state index in [1.165, 1.54) is 0 Å². The Hall–Kier alpha value is 1.70. The smallest absolute Gasteiger partial charge is 0.768 e. The van der Waals surface area contributed by atoms with Crippen LogP contribution in [0, 0.1) is 3.57 Å². The zero-order chi connectivity index (χ0) is 7.56. The Morgan fingerprint density at radius 1 is 1.27 bits per heavy atom. The van der Waals surface area contributed by atoms with Crippen molar-refractivity contribution >= 4 is 33.7 Å². The molecule has 0 aromatic heterocycles. The van der Waals surface area contributed by atoms with Crippen LogP contribution in [-0.4, -0.2) is 8.76 Å². The second-order valence-corrected chi connectivity index (χ2v) is 3.88. The molecule has 2 nitrogen and oxygen atoms in total. The third-order valence-corrected chi connectivity index (χ3v) is 2.38. The van der Waals surface area contributed by atoms with Crippen LogP contribution in [0.25, 0.3) is 0 Å². The molecule has 0 N–H and O–H groups in total. The van der Waals surface area contributed by atoms with Crippen molar-refractivity contribution in [1.82, 2.24) is 0 Å². The second-order valence-electron chi connectivity index (χ2n) is 1.69. The van der Waals surface area contributed by atoms with E-state index in [2.05, 4.69) is 22.6 Å². The molecular formula is C6H4IKO2S. The third-order valence-electron chi connectivity index (χ3n) is 1.01. The van der Waals surface area contributed by atoms with Crippen LogP contribution in [0.3, 0.4) is 0 Å². The van der Waals surface area contributed by atoms with Crippen LogP contribution in [0.15, 0.2) is 29.2 Å². The van der Waals surface area contributed by atoms with E-state index in [1.807, 2.05) is 0 Å². The Balaban J connectivity index is 0.000001000. The largest absolute Gasteiger partial charge is 1.00 e. The van der Waals surface area contributed by atoms with Gasteiger partial charge in [-0.1, -0.05) is 0 Å². The first kappa shape index (κ1) is 12.7. The molecule has 0 spiro atoms. The number of halogens is 1. The maximum atomic E-state index is 10.3. The van der Waals surface area contributed by atoms with Gasteiger partial charge in [0.15, 0.2) is 0 Å². The molecule has 11 heavy (non-hydrogen) atoms. The van der Waals surface area contributed by atoms with Crippen LogP contribution in [0.5, 0.6) is 0 Å². The maximum Gasteiger partial charge on any atom is 1.00 e. The van der Waals surface area contributed by atoms with Crippen molar-refractivity contribution in [3.8, 4) is 0 Å².